The molecule has 2 aromatic rings. The summed E-state index contributed by atoms with van der Waals surface area (Å²) in [5, 5.41) is 3.52. The van der Waals surface area contributed by atoms with Crippen molar-refractivity contribution in [3.05, 3.63) is 62.5 Å². The molecule has 1 aromatic carbocycles. The molecule has 0 saturated carbocycles. The van der Waals surface area contributed by atoms with Crippen LogP contribution in [-0.2, 0) is 11.3 Å². The molecule has 1 amide bonds. The van der Waals surface area contributed by atoms with Crippen LogP contribution in [0.3, 0.4) is 0 Å². The molecule has 0 spiro atoms. The molecule has 6 heteroatoms. The molecule has 0 unspecified atom stereocenters. The number of nitrogens with one attached hydrogen (secondary N) is 1. The van der Waals surface area contributed by atoms with E-state index in [4.69, 9.17) is 23.2 Å². The molecule has 0 atom stereocenters. The van der Waals surface area contributed by atoms with Crippen molar-refractivity contribution in [2.24, 2.45) is 0 Å². The monoisotopic (exact) mass is 310 g/mol. The van der Waals surface area contributed by atoms with Gasteiger partial charge in [0.15, 0.2) is 0 Å². The first-order valence-corrected chi connectivity index (χ1v) is 6.64. The van der Waals surface area contributed by atoms with Crippen molar-refractivity contribution in [2.45, 2.75) is 13.5 Å². The number of halogens is 2. The zero-order chi connectivity index (χ0) is 14.7. The van der Waals surface area contributed by atoms with Crippen molar-refractivity contribution in [1.82, 2.24) is 4.57 Å². The number of pyridine rings is 1. The summed E-state index contributed by atoms with van der Waals surface area (Å²) in [5.74, 6) is -0.320. The van der Waals surface area contributed by atoms with E-state index in [9.17, 15) is 9.59 Å². The minimum atomic E-state index is -0.320. The van der Waals surface area contributed by atoms with Gasteiger partial charge in [-0.3, -0.25) is 9.59 Å². The highest BCUT2D eigenvalue weighted by atomic mass is 35.5. The van der Waals surface area contributed by atoms with Crippen LogP contribution in [-0.4, -0.2) is 10.5 Å². The Kier molecular flexibility index (Phi) is 4.47. The van der Waals surface area contributed by atoms with Crippen LogP contribution in [0.5, 0.6) is 0 Å². The molecule has 0 bridgehead atoms. The van der Waals surface area contributed by atoms with Gasteiger partial charge in [-0.15, -0.1) is 0 Å². The van der Waals surface area contributed by atoms with Crippen LogP contribution < -0.4 is 10.9 Å². The van der Waals surface area contributed by atoms with Crippen molar-refractivity contribution in [1.29, 1.82) is 0 Å². The van der Waals surface area contributed by atoms with E-state index in [2.05, 4.69) is 5.32 Å². The molecule has 1 N–H and O–H groups in total. The van der Waals surface area contributed by atoms with Crippen LogP contribution in [0.1, 0.15) is 5.69 Å². The highest BCUT2D eigenvalue weighted by Crippen LogP contribution is 2.22. The van der Waals surface area contributed by atoms with E-state index < -0.39 is 0 Å². The quantitative estimate of drug-likeness (QED) is 0.947. The number of benzene rings is 1. The lowest BCUT2D eigenvalue weighted by Crippen LogP contribution is -2.28. The van der Waals surface area contributed by atoms with E-state index in [0.717, 1.165) is 5.69 Å². The van der Waals surface area contributed by atoms with E-state index in [-0.39, 0.29) is 18.0 Å². The first-order chi connectivity index (χ1) is 9.45. The fourth-order valence-corrected chi connectivity index (χ4v) is 2.32. The molecule has 4 nitrogen and oxygen atoms in total. The van der Waals surface area contributed by atoms with Gasteiger partial charge in [0, 0.05) is 27.5 Å². The van der Waals surface area contributed by atoms with Crippen molar-refractivity contribution in [2.75, 3.05) is 5.32 Å². The second-order valence-corrected chi connectivity index (χ2v) is 5.17. The predicted molar refractivity (Wildman–Crippen MR) is 80.5 cm³/mol. The number of aromatic nitrogens is 1. The summed E-state index contributed by atoms with van der Waals surface area (Å²) in [6.07, 6.45) is 0. The van der Waals surface area contributed by atoms with Gasteiger partial charge in [-0.25, -0.2) is 0 Å². The minimum Gasteiger partial charge on any atom is -0.324 e. The van der Waals surface area contributed by atoms with E-state index in [1.54, 1.807) is 37.3 Å². The summed E-state index contributed by atoms with van der Waals surface area (Å²) < 4.78 is 1.39. The number of nitrogens with zero attached hydrogens (tertiary/aromatic N) is 1. The third kappa shape index (κ3) is 3.62. The SMILES string of the molecule is Cc1cccc(=O)n1CC(=O)Nc1cc(Cl)cc(Cl)c1. The molecule has 20 heavy (non-hydrogen) atoms. The van der Waals surface area contributed by atoms with Crippen molar-refractivity contribution in [3.63, 3.8) is 0 Å². The van der Waals surface area contributed by atoms with E-state index >= 15 is 0 Å². The van der Waals surface area contributed by atoms with Crippen LogP contribution in [0.25, 0.3) is 0 Å². The zero-order valence-electron chi connectivity index (χ0n) is 10.7. The molecule has 1 aromatic heterocycles. The number of amides is 1. The summed E-state index contributed by atoms with van der Waals surface area (Å²) in [7, 11) is 0. The van der Waals surface area contributed by atoms with Crippen LogP contribution in [0.2, 0.25) is 10.0 Å². The smallest absolute Gasteiger partial charge is 0.251 e. The highest BCUT2D eigenvalue weighted by Gasteiger charge is 2.08. The molecule has 0 saturated heterocycles. The molecule has 104 valence electrons. The summed E-state index contributed by atoms with van der Waals surface area (Å²) in [6.45, 7) is 1.71. The van der Waals surface area contributed by atoms with E-state index in [0.29, 0.717) is 15.7 Å². The van der Waals surface area contributed by atoms with Gasteiger partial charge in [-0.2, -0.15) is 0 Å². The van der Waals surface area contributed by atoms with Crippen LogP contribution in [0.4, 0.5) is 5.69 Å². The van der Waals surface area contributed by atoms with Crippen molar-refractivity contribution >= 4 is 34.8 Å². The first kappa shape index (κ1) is 14.6. The number of anilines is 1. The highest BCUT2D eigenvalue weighted by molar-refractivity contribution is 6.35. The Morgan fingerprint density at radius 1 is 1.20 bits per heavy atom. The number of hydrogen-bond donors (Lipinski definition) is 1. The Hall–Kier alpha value is -1.78. The third-order valence-electron chi connectivity index (χ3n) is 2.72. The Balaban J connectivity index is 2.15. The molecule has 0 aliphatic carbocycles. The maximum atomic E-state index is 12.0. The Morgan fingerprint density at radius 2 is 1.85 bits per heavy atom. The lowest BCUT2D eigenvalue weighted by atomic mass is 10.3. The van der Waals surface area contributed by atoms with Crippen LogP contribution in [0, 0.1) is 6.92 Å². The van der Waals surface area contributed by atoms with Crippen molar-refractivity contribution in [3.8, 4) is 0 Å². The number of carbonyl (C=O) groups excluding carboxylic acids is 1. The topological polar surface area (TPSA) is 51.1 Å². The number of aryl methyl sites for hydroxylation is 1. The van der Waals surface area contributed by atoms with Crippen molar-refractivity contribution < 1.29 is 4.79 Å². The Bertz CT molecular complexity index is 690. The van der Waals surface area contributed by atoms with Gasteiger partial charge < -0.3 is 9.88 Å². The van der Waals surface area contributed by atoms with Gasteiger partial charge >= 0.3 is 0 Å². The normalized spacial score (nSPS) is 10.3. The van der Waals surface area contributed by atoms with Gasteiger partial charge in [0.2, 0.25) is 5.91 Å². The lowest BCUT2D eigenvalue weighted by molar-refractivity contribution is -0.116. The summed E-state index contributed by atoms with van der Waals surface area (Å²) in [4.78, 5) is 23.6. The molecule has 0 aliphatic rings. The average Bonchev–Trinajstić information content (AvgIpc) is 2.32. The number of rotatable bonds is 3. The summed E-state index contributed by atoms with van der Waals surface area (Å²) in [5.41, 5.74) is 0.996. The molecule has 0 radical (unpaired) electrons. The molecule has 2 rings (SSSR count). The van der Waals surface area contributed by atoms with Gasteiger partial charge in [-0.05, 0) is 31.2 Å². The van der Waals surface area contributed by atoms with E-state index in [1.165, 1.54) is 10.6 Å². The zero-order valence-corrected chi connectivity index (χ0v) is 12.2. The largest absolute Gasteiger partial charge is 0.324 e. The predicted octanol–water partition coefficient (Wildman–Crippen LogP) is 3.10. The summed E-state index contributed by atoms with van der Waals surface area (Å²) in [6, 6.07) is 9.59. The van der Waals surface area contributed by atoms with Gasteiger partial charge in [0.05, 0.1) is 0 Å². The molecule has 0 fully saturated rings. The third-order valence-corrected chi connectivity index (χ3v) is 3.15. The fraction of sp³-hybridized carbons (Fsp3) is 0.143. The second-order valence-electron chi connectivity index (χ2n) is 4.30. The molecule has 0 aliphatic heterocycles. The first-order valence-electron chi connectivity index (χ1n) is 5.88. The maximum absolute atomic E-state index is 12.0. The molecular formula is C14H12Cl2N2O2. The number of carbonyl (C=O) groups is 1. The molecular weight excluding hydrogens is 299 g/mol. The molecule has 1 heterocycles. The average molecular weight is 311 g/mol. The van der Waals surface area contributed by atoms with Crippen LogP contribution >= 0.6 is 23.2 Å². The van der Waals surface area contributed by atoms with Gasteiger partial charge in [0.1, 0.15) is 6.54 Å². The lowest BCUT2D eigenvalue weighted by Gasteiger charge is -2.10. The second kappa shape index (κ2) is 6.11. The fourth-order valence-electron chi connectivity index (χ4n) is 1.80. The standard InChI is InChI=1S/C14H12Cl2N2O2/c1-9-3-2-4-14(20)18(9)8-13(19)17-12-6-10(15)5-11(16)7-12/h2-7H,8H2,1H3,(H,17,19). The van der Waals surface area contributed by atoms with Gasteiger partial charge in [-0.1, -0.05) is 29.3 Å². The minimum absolute atomic E-state index is 0.0599. The van der Waals surface area contributed by atoms with Crippen LogP contribution in [0.15, 0.2) is 41.2 Å². The Morgan fingerprint density at radius 3 is 2.45 bits per heavy atom. The summed E-state index contributed by atoms with van der Waals surface area (Å²) >= 11 is 11.7. The number of hydrogen-bond acceptors (Lipinski definition) is 2. The van der Waals surface area contributed by atoms with Gasteiger partial charge in [0.25, 0.3) is 5.56 Å². The maximum Gasteiger partial charge on any atom is 0.251 e. The van der Waals surface area contributed by atoms with E-state index in [1.807, 2.05) is 0 Å². The Labute approximate surface area is 125 Å².